The minimum Gasteiger partial charge on any atom is -0.348 e. The average molecular weight is 523 g/mol. The minimum atomic E-state index is -1.02. The number of allylic oxidation sites excluding steroid dienone is 2. The lowest BCUT2D eigenvalue weighted by atomic mass is 9.88. The van der Waals surface area contributed by atoms with E-state index in [4.69, 9.17) is 5.26 Å². The number of pyridine rings is 1. The number of nitrogens with one attached hydrogen (secondary N) is 1. The molecule has 0 radical (unpaired) electrons. The molecule has 7 nitrogen and oxygen atoms in total. The molecule has 1 aliphatic rings. The van der Waals surface area contributed by atoms with Crippen molar-refractivity contribution in [3.8, 4) is 6.07 Å². The molecule has 0 saturated carbocycles. The number of anilines is 1. The van der Waals surface area contributed by atoms with Gasteiger partial charge in [-0.05, 0) is 62.9 Å². The van der Waals surface area contributed by atoms with Gasteiger partial charge in [0.25, 0.3) is 5.91 Å². The highest BCUT2D eigenvalue weighted by molar-refractivity contribution is 7.84. The number of carbonyl (C=O) groups is 2. The molecule has 0 bridgehead atoms. The number of benzene rings is 1. The number of nitrogens with zero attached hydrogens (tertiary/aromatic N) is 3. The predicted molar refractivity (Wildman–Crippen MR) is 151 cm³/mol. The summed E-state index contributed by atoms with van der Waals surface area (Å²) in [5, 5.41) is 10.7. The number of hydrogen-bond acceptors (Lipinski definition) is 5. The smallest absolute Gasteiger partial charge is 0.253 e. The van der Waals surface area contributed by atoms with Gasteiger partial charge >= 0.3 is 0 Å². The minimum absolute atomic E-state index is 0.0130. The van der Waals surface area contributed by atoms with Crippen LogP contribution in [0.25, 0.3) is 0 Å². The molecule has 8 heteroatoms. The molecule has 2 atom stereocenters. The summed E-state index contributed by atoms with van der Waals surface area (Å²) in [4.78, 5) is 32.1. The molecule has 37 heavy (non-hydrogen) atoms. The zero-order valence-corrected chi connectivity index (χ0v) is 23.7. The van der Waals surface area contributed by atoms with Crippen molar-refractivity contribution in [3.05, 3.63) is 77.0 Å². The molecule has 1 N–H and O–H groups in total. The van der Waals surface area contributed by atoms with Crippen LogP contribution in [0.1, 0.15) is 56.1 Å². The highest BCUT2D eigenvalue weighted by Crippen LogP contribution is 2.30. The standard InChI is InChI=1S/C23H27N3O3S.C4H5N.C2H6/c1-5-15(2)13-25-22(27)19-12-17-11-18(23(28)26(3)21(17)24-14-19)10-16-6-8-20(9-7-16)30(4)29;1-4(2)3-5;1-2/h5-9,12,14,18H,10-11,13H2,1-4H3,(H,25,27);1H2,2H3;1-2H3/b15-5+;;. The summed E-state index contributed by atoms with van der Waals surface area (Å²) in [6.07, 6.45) is 6.23. The van der Waals surface area contributed by atoms with Crippen LogP contribution in [-0.2, 0) is 28.4 Å². The maximum atomic E-state index is 12.8. The normalized spacial score (nSPS) is 15.1. The summed E-state index contributed by atoms with van der Waals surface area (Å²) in [5.74, 6) is 0.213. The monoisotopic (exact) mass is 522 g/mol. The second-order valence-corrected chi connectivity index (χ2v) is 9.90. The van der Waals surface area contributed by atoms with E-state index in [1.165, 1.54) is 6.20 Å². The van der Waals surface area contributed by atoms with Gasteiger partial charge in [0.1, 0.15) is 5.82 Å². The Labute approximate surface area is 223 Å². The van der Waals surface area contributed by atoms with Gasteiger partial charge in [-0.1, -0.05) is 44.2 Å². The van der Waals surface area contributed by atoms with Gasteiger partial charge in [0, 0.05) is 53.2 Å². The fraction of sp³-hybridized carbons (Fsp3) is 0.379. The Morgan fingerprint density at radius 1 is 1.30 bits per heavy atom. The van der Waals surface area contributed by atoms with Crippen LogP contribution in [0.5, 0.6) is 0 Å². The van der Waals surface area contributed by atoms with E-state index in [1.54, 1.807) is 25.1 Å². The average Bonchev–Trinajstić information content (AvgIpc) is 2.91. The molecule has 3 rings (SSSR count). The summed E-state index contributed by atoms with van der Waals surface area (Å²) in [5.41, 5.74) is 4.04. The molecule has 2 unspecified atom stereocenters. The van der Waals surface area contributed by atoms with Gasteiger partial charge in [0.15, 0.2) is 0 Å². The first-order chi connectivity index (χ1) is 17.6. The van der Waals surface area contributed by atoms with Crippen LogP contribution in [0.2, 0.25) is 0 Å². The number of fused-ring (bicyclic) bond motifs is 1. The van der Waals surface area contributed by atoms with Crippen molar-refractivity contribution in [3.63, 3.8) is 0 Å². The molecule has 0 saturated heterocycles. The third-order valence-corrected chi connectivity index (χ3v) is 6.55. The lowest BCUT2D eigenvalue weighted by Gasteiger charge is -2.30. The Morgan fingerprint density at radius 3 is 2.41 bits per heavy atom. The number of carbonyl (C=O) groups excluding carboxylic acids is 2. The molecule has 198 valence electrons. The Kier molecular flexibility index (Phi) is 13.2. The number of nitriles is 1. The van der Waals surface area contributed by atoms with E-state index in [-0.39, 0.29) is 17.7 Å². The van der Waals surface area contributed by atoms with Gasteiger partial charge in [0.05, 0.1) is 11.6 Å². The molecule has 1 aliphatic heterocycles. The fourth-order valence-electron chi connectivity index (χ4n) is 3.50. The topological polar surface area (TPSA) is 103 Å². The van der Waals surface area contributed by atoms with E-state index in [9.17, 15) is 13.8 Å². The molecule has 2 amide bonds. The van der Waals surface area contributed by atoms with Crippen molar-refractivity contribution in [2.24, 2.45) is 5.92 Å². The third kappa shape index (κ3) is 9.43. The molecule has 0 aliphatic carbocycles. The molecule has 2 aromatic rings. The van der Waals surface area contributed by atoms with Crippen molar-refractivity contribution >= 4 is 28.4 Å². The second kappa shape index (κ2) is 15.5. The highest BCUT2D eigenvalue weighted by Gasteiger charge is 2.32. The van der Waals surface area contributed by atoms with Gasteiger partial charge in [-0.3, -0.25) is 18.7 Å². The Balaban J connectivity index is 0.000000874. The van der Waals surface area contributed by atoms with Gasteiger partial charge in [-0.2, -0.15) is 5.26 Å². The SMILES string of the molecule is C/C=C(\C)CNC(=O)c1cnc2c(c1)CC(Cc1ccc(S(C)=O)cc1)C(=O)N2C.C=C(C)C#N.CC. The first-order valence-electron chi connectivity index (χ1n) is 12.2. The summed E-state index contributed by atoms with van der Waals surface area (Å²) < 4.78 is 11.6. The summed E-state index contributed by atoms with van der Waals surface area (Å²) in [7, 11) is 0.697. The molecule has 1 aromatic carbocycles. The largest absolute Gasteiger partial charge is 0.348 e. The van der Waals surface area contributed by atoms with Gasteiger partial charge in [-0.25, -0.2) is 4.98 Å². The van der Waals surface area contributed by atoms with Crippen LogP contribution in [0, 0.1) is 17.2 Å². The van der Waals surface area contributed by atoms with E-state index in [2.05, 4.69) is 16.9 Å². The fourth-order valence-corrected chi connectivity index (χ4v) is 4.01. The van der Waals surface area contributed by atoms with Crippen LogP contribution in [0.4, 0.5) is 5.82 Å². The molecule has 1 aromatic heterocycles. The van der Waals surface area contributed by atoms with Crippen LogP contribution in [0.15, 0.2) is 65.2 Å². The molecule has 0 spiro atoms. The first-order valence-corrected chi connectivity index (χ1v) is 13.8. The van der Waals surface area contributed by atoms with Crippen molar-refractivity contribution in [1.82, 2.24) is 10.3 Å². The summed E-state index contributed by atoms with van der Waals surface area (Å²) in [6, 6.07) is 11.2. The molecule has 0 fully saturated rings. The zero-order chi connectivity index (χ0) is 28.1. The Morgan fingerprint density at radius 2 is 1.89 bits per heavy atom. The van der Waals surface area contributed by atoms with Crippen LogP contribution < -0.4 is 10.2 Å². The third-order valence-electron chi connectivity index (χ3n) is 5.62. The number of rotatable bonds is 6. The van der Waals surface area contributed by atoms with E-state index >= 15 is 0 Å². The highest BCUT2D eigenvalue weighted by atomic mass is 32.2. The lowest BCUT2D eigenvalue weighted by molar-refractivity contribution is -0.122. The summed E-state index contributed by atoms with van der Waals surface area (Å²) >= 11 is 0. The summed E-state index contributed by atoms with van der Waals surface area (Å²) in [6.45, 7) is 13.4. The van der Waals surface area contributed by atoms with Crippen molar-refractivity contribution in [1.29, 1.82) is 5.26 Å². The van der Waals surface area contributed by atoms with E-state index in [0.29, 0.717) is 36.3 Å². The van der Waals surface area contributed by atoms with E-state index in [1.807, 2.05) is 70.2 Å². The van der Waals surface area contributed by atoms with Gasteiger partial charge in [-0.15, -0.1) is 0 Å². The van der Waals surface area contributed by atoms with Crippen molar-refractivity contribution in [2.75, 3.05) is 24.7 Å². The zero-order valence-electron chi connectivity index (χ0n) is 22.9. The number of amides is 2. The second-order valence-electron chi connectivity index (χ2n) is 8.52. The molecule has 2 heterocycles. The van der Waals surface area contributed by atoms with Crippen LogP contribution in [-0.4, -0.2) is 40.9 Å². The maximum Gasteiger partial charge on any atom is 0.253 e. The lowest BCUT2D eigenvalue weighted by Crippen LogP contribution is -2.40. The number of aromatic nitrogens is 1. The van der Waals surface area contributed by atoms with Gasteiger partial charge < -0.3 is 5.32 Å². The first kappa shape index (κ1) is 31.5. The maximum absolute atomic E-state index is 12.8. The van der Waals surface area contributed by atoms with E-state index in [0.717, 1.165) is 21.6 Å². The number of hydrogen-bond donors (Lipinski definition) is 1. The molecular formula is C29H38N4O3S. The predicted octanol–water partition coefficient (Wildman–Crippen LogP) is 5.01. The van der Waals surface area contributed by atoms with Crippen LogP contribution in [0.3, 0.4) is 0 Å². The van der Waals surface area contributed by atoms with E-state index < -0.39 is 10.8 Å². The Hall–Kier alpha value is -3.57. The molecular weight excluding hydrogens is 484 g/mol. The quantitative estimate of drug-likeness (QED) is 0.425. The van der Waals surface area contributed by atoms with Crippen molar-refractivity contribution in [2.45, 2.75) is 52.4 Å². The van der Waals surface area contributed by atoms with Crippen molar-refractivity contribution < 1.29 is 13.8 Å². The van der Waals surface area contributed by atoms with Gasteiger partial charge in [0.2, 0.25) is 5.91 Å². The Bertz CT molecular complexity index is 1200. The van der Waals surface area contributed by atoms with Crippen LogP contribution >= 0.6 is 0 Å².